The minimum Gasteiger partial charge on any atom is -0.0887 e. The Morgan fingerprint density at radius 1 is 1.33 bits per heavy atom. The van der Waals surface area contributed by atoms with Crippen molar-refractivity contribution in [1.82, 2.24) is 0 Å². The molecule has 15 heavy (non-hydrogen) atoms. The summed E-state index contributed by atoms with van der Waals surface area (Å²) in [5.41, 5.74) is 3.46. The lowest BCUT2D eigenvalue weighted by atomic mass is 9.68. The third-order valence-electron chi connectivity index (χ3n) is 3.72. The molecule has 82 valence electrons. The summed E-state index contributed by atoms with van der Waals surface area (Å²) in [4.78, 5) is 0.578. The quantitative estimate of drug-likeness (QED) is 0.651. The molecule has 2 atom stereocenters. The van der Waals surface area contributed by atoms with Gasteiger partial charge in [0.15, 0.2) is 0 Å². The van der Waals surface area contributed by atoms with Crippen molar-refractivity contribution in [2.24, 2.45) is 0 Å². The van der Waals surface area contributed by atoms with Crippen molar-refractivity contribution in [2.75, 3.05) is 0 Å². The van der Waals surface area contributed by atoms with E-state index in [1.807, 2.05) is 0 Å². The van der Waals surface area contributed by atoms with Gasteiger partial charge in [-0.15, -0.1) is 0 Å². The summed E-state index contributed by atoms with van der Waals surface area (Å²) in [7, 11) is 0. The molecule has 1 aromatic rings. The van der Waals surface area contributed by atoms with Crippen LogP contribution in [0, 0.1) is 0 Å². The summed E-state index contributed by atoms with van der Waals surface area (Å²) in [6.45, 7) is 6.99. The molecule has 0 saturated heterocycles. The van der Waals surface area contributed by atoms with Gasteiger partial charge in [-0.1, -0.05) is 61.0 Å². The van der Waals surface area contributed by atoms with E-state index in [0.717, 1.165) is 0 Å². The van der Waals surface area contributed by atoms with Crippen LogP contribution in [-0.2, 0) is 5.41 Å². The first kappa shape index (κ1) is 11.2. The van der Waals surface area contributed by atoms with E-state index in [1.165, 1.54) is 12.8 Å². The maximum Gasteiger partial charge on any atom is 0.0186 e. The number of hydrogen-bond acceptors (Lipinski definition) is 0. The average molecular weight is 267 g/mol. The van der Waals surface area contributed by atoms with Crippen LogP contribution in [0.5, 0.6) is 0 Å². The van der Waals surface area contributed by atoms with Crippen LogP contribution in [0.4, 0.5) is 0 Å². The Kier molecular flexibility index (Phi) is 2.94. The highest BCUT2D eigenvalue weighted by atomic mass is 79.9. The number of hydrogen-bond donors (Lipinski definition) is 0. The molecule has 1 aliphatic rings. The van der Waals surface area contributed by atoms with Gasteiger partial charge in [0, 0.05) is 4.83 Å². The second-order valence-electron chi connectivity index (χ2n) is 5.29. The van der Waals surface area contributed by atoms with E-state index < -0.39 is 0 Å². The topological polar surface area (TPSA) is 0 Å². The zero-order chi connectivity index (χ0) is 11.1. The lowest BCUT2D eigenvalue weighted by Crippen LogP contribution is -2.28. The van der Waals surface area contributed by atoms with E-state index in [9.17, 15) is 0 Å². The third kappa shape index (κ3) is 1.99. The summed E-state index contributed by atoms with van der Waals surface area (Å²) in [5, 5.41) is 0. The van der Waals surface area contributed by atoms with E-state index in [4.69, 9.17) is 0 Å². The van der Waals surface area contributed by atoms with E-state index in [-0.39, 0.29) is 0 Å². The van der Waals surface area contributed by atoms with Gasteiger partial charge in [-0.05, 0) is 35.3 Å². The predicted molar refractivity (Wildman–Crippen MR) is 69.8 cm³/mol. The number of rotatable bonds is 1. The van der Waals surface area contributed by atoms with E-state index >= 15 is 0 Å². The number of fused-ring (bicyclic) bond motifs is 1. The molecule has 0 saturated carbocycles. The minimum absolute atomic E-state index is 0.356. The molecule has 1 aliphatic carbocycles. The van der Waals surface area contributed by atoms with Crippen molar-refractivity contribution in [1.29, 1.82) is 0 Å². The van der Waals surface area contributed by atoms with Gasteiger partial charge in [-0.25, -0.2) is 0 Å². The lowest BCUT2D eigenvalue weighted by molar-refractivity contribution is 0.392. The highest BCUT2D eigenvalue weighted by molar-refractivity contribution is 9.09. The zero-order valence-corrected chi connectivity index (χ0v) is 11.3. The lowest BCUT2D eigenvalue weighted by Gasteiger charge is -2.38. The molecule has 0 spiro atoms. The van der Waals surface area contributed by atoms with Crippen LogP contribution < -0.4 is 0 Å². The predicted octanol–water partition coefficient (Wildman–Crippen LogP) is 4.63. The Labute approximate surface area is 101 Å². The standard InChI is InChI=1S/C14H19Br/c1-10(15)11-8-9-14(2,3)13-7-5-4-6-12(11)13/h4-7,10-11H,8-9H2,1-3H3. The molecule has 0 fully saturated rings. The molecule has 0 aromatic heterocycles. The first-order valence-corrected chi connectivity index (χ1v) is 6.67. The van der Waals surface area contributed by atoms with Gasteiger partial charge in [0.25, 0.3) is 0 Å². The molecule has 2 rings (SSSR count). The van der Waals surface area contributed by atoms with Crippen molar-refractivity contribution in [3.63, 3.8) is 0 Å². The van der Waals surface area contributed by atoms with E-state index in [2.05, 4.69) is 61.0 Å². The highest BCUT2D eigenvalue weighted by Crippen LogP contribution is 2.44. The largest absolute Gasteiger partial charge is 0.0887 e. The fraction of sp³-hybridized carbons (Fsp3) is 0.571. The molecular weight excluding hydrogens is 248 g/mol. The monoisotopic (exact) mass is 266 g/mol. The first-order valence-electron chi connectivity index (χ1n) is 5.76. The Hall–Kier alpha value is -0.300. The minimum atomic E-state index is 0.356. The van der Waals surface area contributed by atoms with Crippen LogP contribution in [0.15, 0.2) is 24.3 Å². The van der Waals surface area contributed by atoms with Gasteiger partial charge in [-0.2, -0.15) is 0 Å². The second-order valence-corrected chi connectivity index (χ2v) is 6.74. The van der Waals surface area contributed by atoms with Gasteiger partial charge >= 0.3 is 0 Å². The molecular formula is C14H19Br. The Bertz CT molecular complexity index is 352. The molecule has 0 radical (unpaired) electrons. The van der Waals surface area contributed by atoms with Crippen molar-refractivity contribution >= 4 is 15.9 Å². The molecule has 2 unspecified atom stereocenters. The normalized spacial score (nSPS) is 25.7. The molecule has 0 amide bonds. The molecule has 0 N–H and O–H groups in total. The summed E-state index contributed by atoms with van der Waals surface area (Å²) in [6, 6.07) is 8.94. The van der Waals surface area contributed by atoms with Crippen molar-refractivity contribution < 1.29 is 0 Å². The van der Waals surface area contributed by atoms with E-state index in [0.29, 0.717) is 16.2 Å². The summed E-state index contributed by atoms with van der Waals surface area (Å²) < 4.78 is 0. The summed E-state index contributed by atoms with van der Waals surface area (Å²) in [5.74, 6) is 0.689. The van der Waals surface area contributed by atoms with E-state index in [1.54, 1.807) is 11.1 Å². The van der Waals surface area contributed by atoms with Gasteiger partial charge in [0.2, 0.25) is 0 Å². The number of halogens is 1. The smallest absolute Gasteiger partial charge is 0.0186 e. The molecule has 1 heteroatoms. The van der Waals surface area contributed by atoms with Crippen LogP contribution in [0.3, 0.4) is 0 Å². The van der Waals surface area contributed by atoms with Crippen LogP contribution in [-0.4, -0.2) is 4.83 Å². The number of benzene rings is 1. The molecule has 0 nitrogen and oxygen atoms in total. The Balaban J connectivity index is 2.49. The fourth-order valence-electron chi connectivity index (χ4n) is 2.72. The van der Waals surface area contributed by atoms with Gasteiger partial charge in [-0.3, -0.25) is 0 Å². The van der Waals surface area contributed by atoms with Gasteiger partial charge in [0.05, 0.1) is 0 Å². The van der Waals surface area contributed by atoms with Crippen LogP contribution in [0.1, 0.15) is 50.7 Å². The third-order valence-corrected chi connectivity index (χ3v) is 4.36. The van der Waals surface area contributed by atoms with Crippen LogP contribution in [0.25, 0.3) is 0 Å². The number of alkyl halides is 1. The van der Waals surface area contributed by atoms with Crippen molar-refractivity contribution in [2.45, 2.75) is 49.8 Å². The molecule has 0 heterocycles. The van der Waals surface area contributed by atoms with Crippen LogP contribution in [0.2, 0.25) is 0 Å². The summed E-state index contributed by atoms with van der Waals surface area (Å²) >= 11 is 3.74. The Morgan fingerprint density at radius 3 is 2.67 bits per heavy atom. The SMILES string of the molecule is CC(Br)C1CCC(C)(C)c2ccccc21. The maximum atomic E-state index is 3.74. The first-order chi connectivity index (χ1) is 7.02. The Morgan fingerprint density at radius 2 is 2.00 bits per heavy atom. The van der Waals surface area contributed by atoms with Crippen molar-refractivity contribution in [3.8, 4) is 0 Å². The zero-order valence-electron chi connectivity index (χ0n) is 9.76. The van der Waals surface area contributed by atoms with Crippen LogP contribution >= 0.6 is 15.9 Å². The average Bonchev–Trinajstić information content (AvgIpc) is 2.17. The van der Waals surface area contributed by atoms with Gasteiger partial charge in [0.1, 0.15) is 0 Å². The van der Waals surface area contributed by atoms with Gasteiger partial charge < -0.3 is 0 Å². The molecule has 0 aliphatic heterocycles. The summed E-state index contributed by atoms with van der Waals surface area (Å²) in [6.07, 6.45) is 2.60. The van der Waals surface area contributed by atoms with Crippen molar-refractivity contribution in [3.05, 3.63) is 35.4 Å². The highest BCUT2D eigenvalue weighted by Gasteiger charge is 2.33. The maximum absolute atomic E-state index is 3.74. The second kappa shape index (κ2) is 3.93. The molecule has 0 bridgehead atoms. The molecule has 1 aromatic carbocycles. The fourth-order valence-corrected chi connectivity index (χ4v) is 3.27.